The van der Waals surface area contributed by atoms with E-state index < -0.39 is 0 Å². The zero-order valence-corrected chi connectivity index (χ0v) is 29.4. The Kier molecular flexibility index (Phi) is 6.20. The number of nitrogens with zero attached hydrogens (tertiary/aromatic N) is 1. The molecule has 0 spiro atoms. The molecular formula is C51H37N. The van der Waals surface area contributed by atoms with Crippen molar-refractivity contribution in [3.63, 3.8) is 0 Å². The average molecular weight is 664 g/mol. The first-order valence-corrected chi connectivity index (χ1v) is 18.6. The van der Waals surface area contributed by atoms with Crippen LogP contribution in [0, 0.1) is 0 Å². The van der Waals surface area contributed by atoms with Crippen LogP contribution in [0.3, 0.4) is 0 Å². The second-order valence-electron chi connectivity index (χ2n) is 15.2. The third-order valence-corrected chi connectivity index (χ3v) is 12.0. The van der Waals surface area contributed by atoms with Crippen LogP contribution in [-0.2, 0) is 5.41 Å². The lowest BCUT2D eigenvalue weighted by molar-refractivity contribution is 0.661. The van der Waals surface area contributed by atoms with Crippen molar-refractivity contribution in [1.82, 2.24) is 4.57 Å². The molecule has 0 fully saturated rings. The third kappa shape index (κ3) is 4.17. The molecule has 0 bridgehead atoms. The molecule has 0 saturated heterocycles. The zero-order valence-electron chi connectivity index (χ0n) is 29.4. The zero-order chi connectivity index (χ0) is 34.6. The standard InChI is InChI=1S/C51H37N/c1-51(2)47-22-11-10-21-42(47)44-30-46-45-29-35(24-26-49(45)52(50(46)31-48(44)51)36-15-4-3-5-16-36)33-14-12-13-32(27-33)34-23-25-41-39-19-7-6-17-37(39)38-18-8-9-20-40(38)43(41)28-34/h3-4,6-15,17-31H,5,16H2,1-2H3. The monoisotopic (exact) mass is 663 g/mol. The van der Waals surface area contributed by atoms with E-state index in [1.54, 1.807) is 0 Å². The summed E-state index contributed by atoms with van der Waals surface area (Å²) in [6, 6.07) is 54.8. The molecular weight excluding hydrogens is 627 g/mol. The highest BCUT2D eigenvalue weighted by Gasteiger charge is 2.36. The summed E-state index contributed by atoms with van der Waals surface area (Å²) in [6.45, 7) is 4.76. The lowest BCUT2D eigenvalue weighted by atomic mass is 9.82. The van der Waals surface area contributed by atoms with Gasteiger partial charge in [-0.15, -0.1) is 0 Å². The minimum Gasteiger partial charge on any atom is -0.313 e. The molecule has 1 nitrogen and oxygen atoms in total. The molecule has 1 heterocycles. The van der Waals surface area contributed by atoms with E-state index in [1.807, 2.05) is 0 Å². The number of rotatable bonds is 3. The summed E-state index contributed by atoms with van der Waals surface area (Å²) in [5.41, 5.74) is 14.4. The van der Waals surface area contributed by atoms with E-state index in [0.717, 1.165) is 12.8 Å². The molecule has 0 amide bonds. The fourth-order valence-corrected chi connectivity index (χ4v) is 9.44. The molecule has 9 aromatic rings. The van der Waals surface area contributed by atoms with Crippen molar-refractivity contribution in [1.29, 1.82) is 0 Å². The molecule has 0 atom stereocenters. The van der Waals surface area contributed by atoms with Gasteiger partial charge in [0.15, 0.2) is 0 Å². The molecule has 2 aliphatic carbocycles. The molecule has 2 aliphatic rings. The summed E-state index contributed by atoms with van der Waals surface area (Å²) in [5.74, 6) is 0. The molecule has 246 valence electrons. The van der Waals surface area contributed by atoms with Gasteiger partial charge in [0, 0.05) is 21.9 Å². The van der Waals surface area contributed by atoms with Gasteiger partial charge in [-0.25, -0.2) is 0 Å². The molecule has 0 aliphatic heterocycles. The molecule has 0 unspecified atom stereocenters. The minimum absolute atomic E-state index is 0.0456. The number of fused-ring (bicyclic) bond motifs is 12. The summed E-state index contributed by atoms with van der Waals surface area (Å²) in [7, 11) is 0. The van der Waals surface area contributed by atoms with E-state index in [4.69, 9.17) is 0 Å². The molecule has 0 radical (unpaired) electrons. The predicted molar refractivity (Wildman–Crippen MR) is 223 cm³/mol. The van der Waals surface area contributed by atoms with Crippen molar-refractivity contribution in [2.45, 2.75) is 32.1 Å². The van der Waals surface area contributed by atoms with Crippen LogP contribution < -0.4 is 0 Å². The number of hydrogen-bond acceptors (Lipinski definition) is 0. The van der Waals surface area contributed by atoms with Crippen molar-refractivity contribution in [2.24, 2.45) is 0 Å². The van der Waals surface area contributed by atoms with Crippen LogP contribution in [-0.4, -0.2) is 4.57 Å². The lowest BCUT2D eigenvalue weighted by Gasteiger charge is -2.22. The summed E-state index contributed by atoms with van der Waals surface area (Å²) in [5, 5.41) is 10.5. The Morgan fingerprint density at radius 2 is 1.04 bits per heavy atom. The SMILES string of the molecule is CC1(C)c2ccccc2-c2cc3c4cc(-c5cccc(-c6ccc7c8ccccc8c8ccccc8c7c6)c5)ccc4n(C4=CC=CCC4)c3cc21. The first-order valence-electron chi connectivity index (χ1n) is 18.6. The van der Waals surface area contributed by atoms with Gasteiger partial charge >= 0.3 is 0 Å². The first-order chi connectivity index (χ1) is 25.5. The highest BCUT2D eigenvalue weighted by molar-refractivity contribution is 6.25. The smallest absolute Gasteiger partial charge is 0.0541 e. The van der Waals surface area contributed by atoms with Gasteiger partial charge in [0.1, 0.15) is 0 Å². The Morgan fingerprint density at radius 1 is 0.442 bits per heavy atom. The van der Waals surface area contributed by atoms with E-state index in [9.17, 15) is 0 Å². The molecule has 0 saturated carbocycles. The maximum atomic E-state index is 2.54. The predicted octanol–water partition coefficient (Wildman–Crippen LogP) is 14.1. The van der Waals surface area contributed by atoms with E-state index in [-0.39, 0.29) is 5.41 Å². The van der Waals surface area contributed by atoms with Crippen molar-refractivity contribution in [3.05, 3.63) is 175 Å². The van der Waals surface area contributed by atoms with Crippen molar-refractivity contribution in [3.8, 4) is 33.4 Å². The van der Waals surface area contributed by atoms with E-state index in [2.05, 4.69) is 182 Å². The first kappa shape index (κ1) is 29.5. The fourth-order valence-electron chi connectivity index (χ4n) is 9.44. The van der Waals surface area contributed by atoms with E-state index in [0.29, 0.717) is 0 Å². The second-order valence-corrected chi connectivity index (χ2v) is 15.2. The minimum atomic E-state index is -0.0456. The van der Waals surface area contributed by atoms with Crippen molar-refractivity contribution in [2.75, 3.05) is 0 Å². The maximum absolute atomic E-state index is 2.54. The van der Waals surface area contributed by atoms with Crippen molar-refractivity contribution < 1.29 is 0 Å². The van der Waals surface area contributed by atoms with Crippen molar-refractivity contribution >= 4 is 59.8 Å². The second kappa shape index (κ2) is 10.9. The van der Waals surface area contributed by atoms with Gasteiger partial charge in [-0.05, 0) is 132 Å². The number of allylic oxidation sites excluding steroid dienone is 4. The van der Waals surface area contributed by atoms with Crippen LogP contribution in [0.15, 0.2) is 164 Å². The van der Waals surface area contributed by atoms with Gasteiger partial charge in [0.05, 0.1) is 11.0 Å². The van der Waals surface area contributed by atoms with E-state index >= 15 is 0 Å². The summed E-state index contributed by atoms with van der Waals surface area (Å²) < 4.78 is 2.54. The molecule has 11 rings (SSSR count). The Bertz CT molecular complexity index is 3000. The normalized spacial score (nSPS) is 14.8. The Hall–Kier alpha value is -6.18. The topological polar surface area (TPSA) is 4.93 Å². The average Bonchev–Trinajstić information content (AvgIpc) is 3.64. The van der Waals surface area contributed by atoms with Crippen LogP contribution in [0.5, 0.6) is 0 Å². The van der Waals surface area contributed by atoms with Crippen LogP contribution in [0.4, 0.5) is 0 Å². The highest BCUT2D eigenvalue weighted by atomic mass is 15.0. The van der Waals surface area contributed by atoms with Gasteiger partial charge in [-0.1, -0.05) is 135 Å². The fraction of sp³-hybridized carbons (Fsp3) is 0.0980. The van der Waals surface area contributed by atoms with Gasteiger partial charge < -0.3 is 4.57 Å². The molecule has 8 aromatic carbocycles. The summed E-state index contributed by atoms with van der Waals surface area (Å²) in [6.07, 6.45) is 8.92. The lowest BCUT2D eigenvalue weighted by Crippen LogP contribution is -2.15. The number of hydrogen-bond donors (Lipinski definition) is 0. The summed E-state index contributed by atoms with van der Waals surface area (Å²) >= 11 is 0. The number of benzene rings is 8. The van der Waals surface area contributed by atoms with Crippen LogP contribution in [0.1, 0.15) is 37.8 Å². The molecule has 0 N–H and O–H groups in total. The van der Waals surface area contributed by atoms with Gasteiger partial charge in [0.25, 0.3) is 0 Å². The molecule has 52 heavy (non-hydrogen) atoms. The molecule has 1 aromatic heterocycles. The highest BCUT2D eigenvalue weighted by Crippen LogP contribution is 2.51. The van der Waals surface area contributed by atoms with Gasteiger partial charge in [-0.2, -0.15) is 0 Å². The Balaban J connectivity index is 1.09. The third-order valence-electron chi connectivity index (χ3n) is 12.0. The molecule has 1 heteroatoms. The van der Waals surface area contributed by atoms with Crippen LogP contribution >= 0.6 is 0 Å². The number of aromatic nitrogens is 1. The van der Waals surface area contributed by atoms with Crippen LogP contribution in [0.2, 0.25) is 0 Å². The maximum Gasteiger partial charge on any atom is 0.0541 e. The van der Waals surface area contributed by atoms with Gasteiger partial charge in [0.2, 0.25) is 0 Å². The Morgan fingerprint density at radius 3 is 1.75 bits per heavy atom. The van der Waals surface area contributed by atoms with Gasteiger partial charge in [-0.3, -0.25) is 0 Å². The van der Waals surface area contributed by atoms with Crippen LogP contribution in [0.25, 0.3) is 93.2 Å². The Labute approximate surface area is 303 Å². The summed E-state index contributed by atoms with van der Waals surface area (Å²) in [4.78, 5) is 0. The largest absolute Gasteiger partial charge is 0.313 e. The van der Waals surface area contributed by atoms with E-state index in [1.165, 1.54) is 104 Å². The quantitative estimate of drug-likeness (QED) is 0.166.